The molecule has 0 amide bonds. The van der Waals surface area contributed by atoms with E-state index in [1.165, 1.54) is 34.9 Å². The third kappa shape index (κ3) is 8.70. The van der Waals surface area contributed by atoms with Crippen LogP contribution in [-0.2, 0) is 50.3 Å². The van der Waals surface area contributed by atoms with Gasteiger partial charge in [0.1, 0.15) is 42.3 Å². The second-order valence-electron chi connectivity index (χ2n) is 12.8. The predicted octanol–water partition coefficient (Wildman–Crippen LogP) is -2.20. The van der Waals surface area contributed by atoms with Crippen molar-refractivity contribution in [2.45, 2.75) is 69.0 Å². The number of phosphoric ester groups is 2. The van der Waals surface area contributed by atoms with Gasteiger partial charge in [-0.25, -0.2) is 18.7 Å². The number of methoxy groups -OCH3 is 1. The van der Waals surface area contributed by atoms with Gasteiger partial charge in [0.15, 0.2) is 29.4 Å². The van der Waals surface area contributed by atoms with Gasteiger partial charge in [0, 0.05) is 14.2 Å². The van der Waals surface area contributed by atoms with Crippen LogP contribution in [-0.4, -0.2) is 137 Å². The van der Waals surface area contributed by atoms with Crippen molar-refractivity contribution in [1.82, 2.24) is 29.5 Å². The van der Waals surface area contributed by atoms with E-state index in [2.05, 4.69) is 38.1 Å². The molecule has 0 saturated carbocycles. The number of aromatic amines is 2. The summed E-state index contributed by atoms with van der Waals surface area (Å²) in [5, 5.41) is 21.3. The maximum atomic E-state index is 12.8. The van der Waals surface area contributed by atoms with E-state index >= 15 is 0 Å². The zero-order valence-electron chi connectivity index (χ0n) is 29.6. The van der Waals surface area contributed by atoms with E-state index in [0.29, 0.717) is 0 Å². The molecule has 312 valence electrons. The highest BCUT2D eigenvalue weighted by atomic mass is 31.3. The maximum Gasteiger partial charge on any atom is 0.490 e. The number of phosphoric acid groups is 3. The summed E-state index contributed by atoms with van der Waals surface area (Å²) in [5.41, 5.74) is 10.1. The number of aliphatic hydroxyl groups is 2. The van der Waals surface area contributed by atoms with Crippen LogP contribution in [0.1, 0.15) is 20.1 Å². The minimum Gasteiger partial charge on any atom is -0.387 e. The molecule has 3 aromatic heterocycles. The van der Waals surface area contributed by atoms with Gasteiger partial charge in [-0.05, 0) is 13.8 Å². The Labute approximate surface area is 314 Å². The van der Waals surface area contributed by atoms with E-state index in [0.717, 1.165) is 0 Å². The topological polar surface area (TPSA) is 394 Å². The van der Waals surface area contributed by atoms with E-state index in [-0.39, 0.29) is 41.2 Å². The van der Waals surface area contributed by atoms with Crippen molar-refractivity contribution in [3.63, 3.8) is 0 Å². The summed E-state index contributed by atoms with van der Waals surface area (Å²) in [6.45, 7) is 1.37. The van der Waals surface area contributed by atoms with Crippen molar-refractivity contribution in [3.8, 4) is 0 Å². The summed E-state index contributed by atoms with van der Waals surface area (Å²) in [7, 11) is -14.4. The Morgan fingerprint density at radius 2 is 1.48 bits per heavy atom. The lowest BCUT2D eigenvalue weighted by molar-refractivity contribution is -0.0839. The highest BCUT2D eigenvalue weighted by Gasteiger charge is 2.52. The van der Waals surface area contributed by atoms with Crippen molar-refractivity contribution < 1.29 is 75.2 Å². The summed E-state index contributed by atoms with van der Waals surface area (Å²) >= 11 is 0. The van der Waals surface area contributed by atoms with Crippen LogP contribution in [0.25, 0.3) is 11.2 Å². The van der Waals surface area contributed by atoms with Crippen molar-refractivity contribution in [1.29, 1.82) is 0 Å². The molecule has 11 atom stereocenters. The molecule has 3 aliphatic heterocycles. The zero-order valence-corrected chi connectivity index (χ0v) is 32.3. The summed E-state index contributed by atoms with van der Waals surface area (Å²) in [6, 6.07) is 0. The number of ether oxygens (including phenoxy) is 4. The van der Waals surface area contributed by atoms with Crippen molar-refractivity contribution >= 4 is 58.0 Å². The highest BCUT2D eigenvalue weighted by molar-refractivity contribution is 7.66. The quantitative estimate of drug-likeness (QED) is 0.0732. The third-order valence-corrected chi connectivity index (χ3v) is 12.7. The predicted molar refractivity (Wildman–Crippen MR) is 187 cm³/mol. The Morgan fingerprint density at radius 3 is 2.11 bits per heavy atom. The number of aliphatic hydroxyl groups excluding tert-OH is 2. The second kappa shape index (κ2) is 15.7. The molecule has 3 aromatic rings. The number of anilines is 4. The average Bonchev–Trinajstić information content (AvgIpc) is 3.80. The van der Waals surface area contributed by atoms with Gasteiger partial charge in [-0.15, -0.1) is 0 Å². The number of aromatic nitrogens is 6. The molecule has 28 nitrogen and oxygen atoms in total. The van der Waals surface area contributed by atoms with Crippen LogP contribution in [0.3, 0.4) is 0 Å². The fraction of sp³-hybridized carbons (Fsp3) is 0.640. The molecule has 56 heavy (non-hydrogen) atoms. The van der Waals surface area contributed by atoms with Crippen molar-refractivity contribution in [3.05, 3.63) is 27.0 Å². The Hall–Kier alpha value is -3.40. The number of nitrogens with two attached hydrogens (primary N) is 2. The SMILES string of the molecule is CO[C@H]1C(OC(C)C)[C@@H](COP(=O)(O)OP(=O)(O)OP(=O)(O)OC[C@H]2O[C@@H](N3CN(C)c4c3nc(N)[nH]c4=O)C(O)[C@H]2O)O[C@H]1n1cnc2c(=O)[nH]c(N)nc21. The highest BCUT2D eigenvalue weighted by Crippen LogP contribution is 2.68. The van der Waals surface area contributed by atoms with Gasteiger partial charge >= 0.3 is 23.5 Å². The van der Waals surface area contributed by atoms with Crippen molar-refractivity contribution in [2.75, 3.05) is 55.3 Å². The summed E-state index contributed by atoms with van der Waals surface area (Å²) in [4.78, 5) is 74.9. The van der Waals surface area contributed by atoms with Crippen LogP contribution in [0.15, 0.2) is 15.9 Å². The lowest BCUT2D eigenvalue weighted by Crippen LogP contribution is -2.45. The maximum absolute atomic E-state index is 12.8. The van der Waals surface area contributed by atoms with E-state index in [4.69, 9.17) is 34.9 Å². The first kappa shape index (κ1) is 42.2. The molecule has 0 bridgehead atoms. The van der Waals surface area contributed by atoms with Crippen LogP contribution in [0, 0.1) is 0 Å². The Morgan fingerprint density at radius 1 is 0.893 bits per heavy atom. The standard InChI is InChI=1S/C25H39N10O18P3/c1-9(2)49-16-11(51-23(17(16)46-4)34-7-28-12-18(34)29-24(26)31-20(12)38)6-48-55(42,43)53-56(44,45)52-54(40,41)47-5-10-14(36)15(37)22(50-10)35-8-33(3)13-19(35)30-25(27)32-21(13)39/h7,9-11,14-17,22-23,36-37H,5-6,8H2,1-4H3,(H,40,41)(H,42,43)(H,44,45)(H3,26,29,31,38)(H3,27,30,32,39)/t10-,11-,14+,15?,16?,17+,22-,23-/m1/s1. The van der Waals surface area contributed by atoms with Gasteiger partial charge in [0.2, 0.25) is 11.9 Å². The molecule has 0 aliphatic carbocycles. The molecule has 0 spiro atoms. The van der Waals surface area contributed by atoms with Crippen LogP contribution in [0.5, 0.6) is 0 Å². The molecule has 5 unspecified atom stereocenters. The number of H-pyrrole nitrogens is 2. The van der Waals surface area contributed by atoms with Gasteiger partial charge < -0.3 is 65.1 Å². The van der Waals surface area contributed by atoms with Gasteiger partial charge in [0.05, 0.1) is 32.3 Å². The molecule has 31 heteroatoms. The van der Waals surface area contributed by atoms with Crippen LogP contribution in [0.2, 0.25) is 0 Å². The smallest absolute Gasteiger partial charge is 0.387 e. The molecule has 2 fully saturated rings. The van der Waals surface area contributed by atoms with E-state index < -0.39 is 103 Å². The minimum absolute atomic E-state index is 0.00394. The van der Waals surface area contributed by atoms with Crippen molar-refractivity contribution in [2.24, 2.45) is 0 Å². The van der Waals surface area contributed by atoms with Gasteiger partial charge in [0.25, 0.3) is 11.1 Å². The summed E-state index contributed by atoms with van der Waals surface area (Å²) in [5.74, 6) is -0.470. The molecule has 0 aromatic carbocycles. The lowest BCUT2D eigenvalue weighted by Gasteiger charge is -2.27. The number of nitrogen functional groups attached to an aromatic ring is 2. The molecule has 6 rings (SSSR count). The van der Waals surface area contributed by atoms with Gasteiger partial charge in [-0.3, -0.25) is 33.2 Å². The molecule has 6 heterocycles. The Bertz CT molecular complexity index is 2210. The van der Waals surface area contributed by atoms with E-state index in [1.54, 1.807) is 13.8 Å². The lowest BCUT2D eigenvalue weighted by atomic mass is 10.1. The Kier molecular flexibility index (Phi) is 11.9. The minimum atomic E-state index is -5.97. The molecule has 2 saturated heterocycles. The van der Waals surface area contributed by atoms with Crippen LogP contribution < -0.4 is 32.4 Å². The number of hydrogen-bond acceptors (Lipinski definition) is 22. The third-order valence-electron chi connectivity index (χ3n) is 8.49. The molecular formula is C25H39N10O18P3. The molecule has 11 N–H and O–H groups in total. The zero-order chi connectivity index (χ0) is 41.1. The number of nitrogens with zero attached hydrogens (tertiary/aromatic N) is 6. The number of imidazole rings is 1. The van der Waals surface area contributed by atoms with Gasteiger partial charge in [-0.1, -0.05) is 0 Å². The first-order valence-electron chi connectivity index (χ1n) is 16.3. The monoisotopic (exact) mass is 860 g/mol. The average molecular weight is 861 g/mol. The van der Waals surface area contributed by atoms with Crippen LogP contribution >= 0.6 is 23.5 Å². The molecule has 3 aliphatic rings. The second-order valence-corrected chi connectivity index (χ2v) is 17.5. The Balaban J connectivity index is 1.07. The summed E-state index contributed by atoms with van der Waals surface area (Å²) in [6.07, 6.45) is -10.1. The number of rotatable bonds is 15. The first-order valence-corrected chi connectivity index (χ1v) is 20.7. The normalized spacial score (nSPS) is 29.8. The van der Waals surface area contributed by atoms with E-state index in [9.17, 15) is 48.2 Å². The fourth-order valence-electron chi connectivity index (χ4n) is 6.29. The fourth-order valence-corrected chi connectivity index (χ4v) is 9.81. The largest absolute Gasteiger partial charge is 0.490 e. The molecular weight excluding hydrogens is 821 g/mol. The van der Waals surface area contributed by atoms with Gasteiger partial charge in [-0.2, -0.15) is 18.6 Å². The number of nitrogens with one attached hydrogen (secondary N) is 2. The number of fused-ring (bicyclic) bond motifs is 2. The van der Waals surface area contributed by atoms with E-state index in [1.807, 2.05) is 0 Å². The first-order chi connectivity index (χ1) is 26.1. The molecule has 0 radical (unpaired) electrons. The number of hydrogen-bond donors (Lipinski definition) is 9. The summed E-state index contributed by atoms with van der Waals surface area (Å²) < 4.78 is 80.6. The van der Waals surface area contributed by atoms with Crippen LogP contribution in [0.4, 0.5) is 23.4 Å².